The molecule has 3 heterocycles. The Labute approximate surface area is 143 Å². The molecular weight excluding hydrogens is 302 g/mol. The summed E-state index contributed by atoms with van der Waals surface area (Å²) in [4.78, 5) is 14.5. The van der Waals surface area contributed by atoms with Gasteiger partial charge >= 0.3 is 0 Å². The quantitative estimate of drug-likeness (QED) is 0.935. The maximum absolute atomic E-state index is 12.0. The predicted molar refractivity (Wildman–Crippen MR) is 93.8 cm³/mol. The summed E-state index contributed by atoms with van der Waals surface area (Å²) in [5, 5.41) is 7.18. The highest BCUT2D eigenvalue weighted by molar-refractivity contribution is 5.92. The lowest BCUT2D eigenvalue weighted by atomic mass is 9.98. The highest BCUT2D eigenvalue weighted by Crippen LogP contribution is 2.33. The standard InChI is InChI=1S/C18H27N5O/c1-13-14(11-21(3)20-13)12-23-10-6-5-7-16(23)15-8-9-17(22(15)4)18(24)19-2/h8-9,11,16H,5-7,10,12H2,1-4H3,(H,19,24)/t16-/m1/s1. The molecule has 0 radical (unpaired) electrons. The van der Waals surface area contributed by atoms with E-state index in [1.807, 2.05) is 29.4 Å². The van der Waals surface area contributed by atoms with Crippen LogP contribution < -0.4 is 5.32 Å². The van der Waals surface area contributed by atoms with Gasteiger partial charge in [-0.15, -0.1) is 0 Å². The topological polar surface area (TPSA) is 55.1 Å². The number of hydrogen-bond acceptors (Lipinski definition) is 3. The van der Waals surface area contributed by atoms with Crippen LogP contribution in [-0.2, 0) is 20.6 Å². The van der Waals surface area contributed by atoms with Crippen molar-refractivity contribution in [1.82, 2.24) is 24.6 Å². The monoisotopic (exact) mass is 329 g/mol. The number of piperidine rings is 1. The summed E-state index contributed by atoms with van der Waals surface area (Å²) in [5.74, 6) is -0.0331. The van der Waals surface area contributed by atoms with Crippen molar-refractivity contribution >= 4 is 5.91 Å². The van der Waals surface area contributed by atoms with Crippen LogP contribution in [-0.4, -0.2) is 38.7 Å². The fourth-order valence-corrected chi connectivity index (χ4v) is 3.76. The Kier molecular flexibility index (Phi) is 4.76. The molecule has 0 unspecified atom stereocenters. The lowest BCUT2D eigenvalue weighted by Gasteiger charge is -2.36. The summed E-state index contributed by atoms with van der Waals surface area (Å²) >= 11 is 0. The van der Waals surface area contributed by atoms with E-state index in [0.717, 1.165) is 30.9 Å². The predicted octanol–water partition coefficient (Wildman–Crippen LogP) is 2.15. The van der Waals surface area contributed by atoms with Crippen molar-refractivity contribution in [2.24, 2.45) is 14.1 Å². The Morgan fingerprint density at radius 2 is 2.12 bits per heavy atom. The van der Waals surface area contributed by atoms with E-state index in [1.165, 1.54) is 24.1 Å². The molecular formula is C18H27N5O. The van der Waals surface area contributed by atoms with E-state index in [2.05, 4.69) is 34.5 Å². The van der Waals surface area contributed by atoms with Gasteiger partial charge in [-0.2, -0.15) is 5.10 Å². The van der Waals surface area contributed by atoms with Crippen molar-refractivity contribution in [2.45, 2.75) is 38.8 Å². The molecule has 6 nitrogen and oxygen atoms in total. The summed E-state index contributed by atoms with van der Waals surface area (Å²) in [6, 6.07) is 4.38. The van der Waals surface area contributed by atoms with Gasteiger partial charge < -0.3 is 9.88 Å². The van der Waals surface area contributed by atoms with Crippen LogP contribution in [0.25, 0.3) is 0 Å². The van der Waals surface area contributed by atoms with Gasteiger partial charge in [-0.3, -0.25) is 14.4 Å². The van der Waals surface area contributed by atoms with E-state index >= 15 is 0 Å². The average Bonchev–Trinajstić information content (AvgIpc) is 3.09. The highest BCUT2D eigenvalue weighted by Gasteiger charge is 2.28. The molecule has 2 aromatic rings. The second-order valence-corrected chi connectivity index (χ2v) is 6.68. The van der Waals surface area contributed by atoms with Gasteiger partial charge in [0.1, 0.15) is 5.69 Å². The van der Waals surface area contributed by atoms with Gasteiger partial charge in [0.15, 0.2) is 0 Å². The number of carbonyl (C=O) groups is 1. The maximum Gasteiger partial charge on any atom is 0.267 e. The number of aryl methyl sites for hydroxylation is 2. The smallest absolute Gasteiger partial charge is 0.267 e. The van der Waals surface area contributed by atoms with Gasteiger partial charge in [0.05, 0.1) is 11.7 Å². The van der Waals surface area contributed by atoms with E-state index in [1.54, 1.807) is 7.05 Å². The third-order valence-corrected chi connectivity index (χ3v) is 5.06. The van der Waals surface area contributed by atoms with Crippen LogP contribution in [0, 0.1) is 6.92 Å². The molecule has 24 heavy (non-hydrogen) atoms. The average molecular weight is 329 g/mol. The largest absolute Gasteiger partial charge is 0.354 e. The van der Waals surface area contributed by atoms with Crippen LogP contribution >= 0.6 is 0 Å². The molecule has 0 spiro atoms. The Bertz CT molecular complexity index is 730. The zero-order valence-corrected chi connectivity index (χ0v) is 15.0. The third kappa shape index (κ3) is 3.11. The van der Waals surface area contributed by atoms with Crippen molar-refractivity contribution in [3.05, 3.63) is 41.0 Å². The molecule has 1 N–H and O–H groups in total. The molecule has 1 aliphatic rings. The van der Waals surface area contributed by atoms with Gasteiger partial charge in [-0.05, 0) is 38.4 Å². The molecule has 2 aromatic heterocycles. The third-order valence-electron chi connectivity index (χ3n) is 5.06. The Hall–Kier alpha value is -2.08. The first-order chi connectivity index (χ1) is 11.5. The van der Waals surface area contributed by atoms with Gasteiger partial charge in [0, 0.05) is 45.1 Å². The van der Waals surface area contributed by atoms with Crippen LogP contribution in [0.2, 0.25) is 0 Å². The summed E-state index contributed by atoms with van der Waals surface area (Å²) in [6.07, 6.45) is 5.70. The zero-order valence-electron chi connectivity index (χ0n) is 15.0. The molecule has 1 fully saturated rings. The SMILES string of the molecule is CNC(=O)c1ccc([C@H]2CCCCN2Cc2cn(C)nc2C)n1C. The molecule has 6 heteroatoms. The van der Waals surface area contributed by atoms with E-state index in [0.29, 0.717) is 6.04 Å². The fraction of sp³-hybridized carbons (Fsp3) is 0.556. The van der Waals surface area contributed by atoms with E-state index < -0.39 is 0 Å². The lowest BCUT2D eigenvalue weighted by molar-refractivity contribution is 0.0952. The molecule has 0 saturated carbocycles. The van der Waals surface area contributed by atoms with Gasteiger partial charge in [-0.1, -0.05) is 6.42 Å². The number of carbonyl (C=O) groups excluding carboxylic acids is 1. The normalized spacial score (nSPS) is 18.8. The van der Waals surface area contributed by atoms with E-state index in [4.69, 9.17) is 0 Å². The van der Waals surface area contributed by atoms with Crippen LogP contribution in [0.4, 0.5) is 0 Å². The van der Waals surface area contributed by atoms with Crippen molar-refractivity contribution in [1.29, 1.82) is 0 Å². The molecule has 3 rings (SSSR count). The fourth-order valence-electron chi connectivity index (χ4n) is 3.76. The second kappa shape index (κ2) is 6.81. The lowest BCUT2D eigenvalue weighted by Crippen LogP contribution is -2.34. The number of rotatable bonds is 4. The molecule has 0 aromatic carbocycles. The van der Waals surface area contributed by atoms with Crippen LogP contribution in [0.15, 0.2) is 18.3 Å². The highest BCUT2D eigenvalue weighted by atomic mass is 16.1. The Morgan fingerprint density at radius 1 is 1.33 bits per heavy atom. The Morgan fingerprint density at radius 3 is 2.79 bits per heavy atom. The number of amides is 1. The van der Waals surface area contributed by atoms with Crippen molar-refractivity contribution in [2.75, 3.05) is 13.6 Å². The van der Waals surface area contributed by atoms with Crippen LogP contribution in [0.1, 0.15) is 52.7 Å². The molecule has 1 amide bonds. The first kappa shape index (κ1) is 16.8. The minimum Gasteiger partial charge on any atom is -0.354 e. The number of nitrogens with one attached hydrogen (secondary N) is 1. The van der Waals surface area contributed by atoms with Crippen molar-refractivity contribution in [3.8, 4) is 0 Å². The van der Waals surface area contributed by atoms with Gasteiger partial charge in [0.25, 0.3) is 5.91 Å². The first-order valence-electron chi connectivity index (χ1n) is 8.62. The first-order valence-corrected chi connectivity index (χ1v) is 8.62. The zero-order chi connectivity index (χ0) is 17.3. The summed E-state index contributed by atoms with van der Waals surface area (Å²) in [6.45, 7) is 4.06. The van der Waals surface area contributed by atoms with Crippen molar-refractivity contribution < 1.29 is 4.79 Å². The summed E-state index contributed by atoms with van der Waals surface area (Å²) < 4.78 is 3.92. The van der Waals surface area contributed by atoms with Gasteiger partial charge in [0.2, 0.25) is 0 Å². The van der Waals surface area contributed by atoms with Crippen LogP contribution in [0.5, 0.6) is 0 Å². The molecule has 0 bridgehead atoms. The van der Waals surface area contributed by atoms with E-state index in [9.17, 15) is 4.79 Å². The number of likely N-dealkylation sites (tertiary alicyclic amines) is 1. The molecule has 1 aliphatic heterocycles. The molecule has 0 aliphatic carbocycles. The number of nitrogens with zero attached hydrogens (tertiary/aromatic N) is 4. The number of aromatic nitrogens is 3. The molecule has 1 atom stereocenters. The summed E-state index contributed by atoms with van der Waals surface area (Å²) in [5.41, 5.74) is 4.32. The molecule has 130 valence electrons. The number of hydrogen-bond donors (Lipinski definition) is 1. The Balaban J connectivity index is 1.86. The van der Waals surface area contributed by atoms with Gasteiger partial charge in [-0.25, -0.2) is 0 Å². The minimum absolute atomic E-state index is 0.0331. The summed E-state index contributed by atoms with van der Waals surface area (Å²) in [7, 11) is 5.63. The second-order valence-electron chi connectivity index (χ2n) is 6.68. The van der Waals surface area contributed by atoms with Crippen LogP contribution in [0.3, 0.4) is 0 Å². The maximum atomic E-state index is 12.0. The van der Waals surface area contributed by atoms with E-state index in [-0.39, 0.29) is 5.91 Å². The molecule has 1 saturated heterocycles. The van der Waals surface area contributed by atoms with Crippen molar-refractivity contribution in [3.63, 3.8) is 0 Å². The minimum atomic E-state index is -0.0331.